The number of esters is 1. The smallest absolute Gasteiger partial charge is 0.338 e. The molecule has 0 radical (unpaired) electrons. The summed E-state index contributed by atoms with van der Waals surface area (Å²) in [4.78, 5) is 54.0. The summed E-state index contributed by atoms with van der Waals surface area (Å²) < 4.78 is 12.8. The largest absolute Gasteiger partial charge is 0.478 e. The Labute approximate surface area is 236 Å². The summed E-state index contributed by atoms with van der Waals surface area (Å²) in [5, 5.41) is 20.8. The van der Waals surface area contributed by atoms with Gasteiger partial charge in [-0.25, -0.2) is 14.6 Å². The fourth-order valence-corrected chi connectivity index (χ4v) is 5.62. The monoisotopic (exact) mass is 573 g/mol. The molecule has 4 aromatic rings. The van der Waals surface area contributed by atoms with E-state index in [1.807, 2.05) is 0 Å². The van der Waals surface area contributed by atoms with Crippen molar-refractivity contribution in [1.82, 2.24) is 4.57 Å². The second-order valence-corrected chi connectivity index (χ2v) is 10.2. The van der Waals surface area contributed by atoms with Crippen molar-refractivity contribution in [2.75, 3.05) is 6.61 Å². The number of carbonyl (C=O) groups is 2. The van der Waals surface area contributed by atoms with Gasteiger partial charge < -0.3 is 14.3 Å². The first-order valence-electron chi connectivity index (χ1n) is 12.5. The summed E-state index contributed by atoms with van der Waals surface area (Å²) in [6.45, 7) is 5.00. The fourth-order valence-electron chi connectivity index (χ4n) is 4.59. The normalized spacial score (nSPS) is 14.9. The van der Waals surface area contributed by atoms with Gasteiger partial charge in [0.25, 0.3) is 11.2 Å². The maximum absolute atomic E-state index is 13.8. The maximum atomic E-state index is 13.8. The van der Waals surface area contributed by atoms with Crippen molar-refractivity contribution < 1.29 is 28.8 Å². The molecule has 0 amide bonds. The van der Waals surface area contributed by atoms with Gasteiger partial charge in [-0.05, 0) is 50.6 Å². The Balaban J connectivity index is 1.63. The zero-order chi connectivity index (χ0) is 29.4. The van der Waals surface area contributed by atoms with Gasteiger partial charge in [-0.2, -0.15) is 0 Å². The summed E-state index contributed by atoms with van der Waals surface area (Å²) in [6.07, 6.45) is 1.55. The average molecular weight is 574 g/mol. The van der Waals surface area contributed by atoms with Crippen LogP contribution in [0.4, 0.5) is 5.69 Å². The lowest BCUT2D eigenvalue weighted by Gasteiger charge is -2.24. The van der Waals surface area contributed by atoms with E-state index >= 15 is 0 Å². The van der Waals surface area contributed by atoms with Crippen molar-refractivity contribution in [2.24, 2.45) is 4.99 Å². The van der Waals surface area contributed by atoms with E-state index < -0.39 is 28.5 Å². The number of ether oxygens (including phenoxy) is 1. The number of aromatic carboxylic acids is 1. The number of nitro benzene ring substituents is 1. The highest BCUT2D eigenvalue weighted by Crippen LogP contribution is 2.33. The molecule has 0 fully saturated rings. The third-order valence-corrected chi connectivity index (χ3v) is 7.56. The first kappa shape index (κ1) is 27.5. The topological polar surface area (TPSA) is 154 Å². The zero-order valence-corrected chi connectivity index (χ0v) is 22.9. The van der Waals surface area contributed by atoms with Crippen LogP contribution in [0, 0.1) is 17.0 Å². The molecule has 5 rings (SSSR count). The Morgan fingerprint density at radius 2 is 1.90 bits per heavy atom. The predicted molar refractivity (Wildman–Crippen MR) is 149 cm³/mol. The first-order chi connectivity index (χ1) is 19.6. The van der Waals surface area contributed by atoms with Crippen LogP contribution < -0.4 is 14.9 Å². The van der Waals surface area contributed by atoms with Crippen molar-refractivity contribution >= 4 is 35.0 Å². The number of hydrogen-bond donors (Lipinski definition) is 1. The highest BCUT2D eigenvalue weighted by Gasteiger charge is 2.34. The molecule has 0 aliphatic carbocycles. The van der Waals surface area contributed by atoms with E-state index in [1.165, 1.54) is 22.8 Å². The van der Waals surface area contributed by atoms with E-state index in [9.17, 15) is 24.5 Å². The number of nitro groups is 1. The summed E-state index contributed by atoms with van der Waals surface area (Å²) in [7, 11) is 0. The van der Waals surface area contributed by atoms with Crippen molar-refractivity contribution in [1.29, 1.82) is 0 Å². The van der Waals surface area contributed by atoms with Crippen LogP contribution in [0.25, 0.3) is 17.4 Å². The highest BCUT2D eigenvalue weighted by molar-refractivity contribution is 7.07. The van der Waals surface area contributed by atoms with E-state index in [0.717, 1.165) is 11.3 Å². The number of carboxylic acid groups (broad SMARTS) is 1. The molecule has 2 aromatic carbocycles. The first-order valence-corrected chi connectivity index (χ1v) is 13.3. The number of allylic oxidation sites excluding steroid dienone is 1. The minimum Gasteiger partial charge on any atom is -0.478 e. The summed E-state index contributed by atoms with van der Waals surface area (Å²) in [5.74, 6) is -0.851. The third-order valence-electron chi connectivity index (χ3n) is 6.58. The van der Waals surface area contributed by atoms with Crippen LogP contribution >= 0.6 is 11.3 Å². The lowest BCUT2D eigenvalue weighted by molar-refractivity contribution is -0.385. The van der Waals surface area contributed by atoms with E-state index in [0.29, 0.717) is 38.7 Å². The highest BCUT2D eigenvalue weighted by atomic mass is 32.1. The molecule has 1 atom stereocenters. The third kappa shape index (κ3) is 5.12. The molecule has 41 heavy (non-hydrogen) atoms. The molecule has 1 aliphatic heterocycles. The van der Waals surface area contributed by atoms with E-state index in [2.05, 4.69) is 4.99 Å². The van der Waals surface area contributed by atoms with Gasteiger partial charge in [0, 0.05) is 23.3 Å². The predicted octanol–water partition coefficient (Wildman–Crippen LogP) is 3.97. The number of aryl methyl sites for hydroxylation is 1. The van der Waals surface area contributed by atoms with E-state index in [1.54, 1.807) is 63.2 Å². The molecule has 0 saturated carbocycles. The molecule has 208 valence electrons. The number of carbonyl (C=O) groups excluding carboxylic acids is 1. The van der Waals surface area contributed by atoms with Crippen LogP contribution in [0.15, 0.2) is 80.1 Å². The van der Waals surface area contributed by atoms with E-state index in [-0.39, 0.29) is 28.0 Å². The van der Waals surface area contributed by atoms with Crippen molar-refractivity contribution in [3.63, 3.8) is 0 Å². The molecule has 0 bridgehead atoms. The Bertz CT molecular complexity index is 1930. The SMILES string of the molecule is CCOC(=O)C1=C(C)N=c2s/c(=C/c3ccc(-c4ccc(C(=O)O)cc4)o3)c(=O)n2[C@@H]1c1ccc(C)c([N+](=O)[O-])c1. The second-order valence-electron chi connectivity index (χ2n) is 9.19. The summed E-state index contributed by atoms with van der Waals surface area (Å²) in [6, 6.07) is 13.2. The number of fused-ring (bicyclic) bond motifs is 1. The molecule has 0 spiro atoms. The Morgan fingerprint density at radius 3 is 2.56 bits per heavy atom. The Morgan fingerprint density at radius 1 is 1.17 bits per heavy atom. The average Bonchev–Trinajstić information content (AvgIpc) is 3.52. The maximum Gasteiger partial charge on any atom is 0.338 e. The lowest BCUT2D eigenvalue weighted by atomic mass is 9.94. The number of nitrogens with zero attached hydrogens (tertiary/aromatic N) is 3. The van der Waals surface area contributed by atoms with Gasteiger partial charge in [0.1, 0.15) is 11.5 Å². The minimum atomic E-state index is -1.04. The molecule has 1 N–H and O–H groups in total. The van der Waals surface area contributed by atoms with Crippen LogP contribution in [0.2, 0.25) is 0 Å². The van der Waals surface area contributed by atoms with Gasteiger partial charge in [0.05, 0.1) is 38.9 Å². The molecule has 0 saturated heterocycles. The van der Waals surface area contributed by atoms with Crippen molar-refractivity contribution in [2.45, 2.75) is 26.8 Å². The quantitative estimate of drug-likeness (QED) is 0.198. The molecule has 12 heteroatoms. The molecule has 11 nitrogen and oxygen atoms in total. The van der Waals surface area contributed by atoms with Crippen molar-refractivity contribution in [3.05, 3.63) is 118 Å². The minimum absolute atomic E-state index is 0.0979. The molecular formula is C29H23N3O8S. The van der Waals surface area contributed by atoms with Crippen LogP contribution in [0.3, 0.4) is 0 Å². The molecule has 3 heterocycles. The summed E-state index contributed by atoms with van der Waals surface area (Å²) >= 11 is 1.09. The van der Waals surface area contributed by atoms with Gasteiger partial charge >= 0.3 is 11.9 Å². The van der Waals surface area contributed by atoms with Gasteiger partial charge in [0.2, 0.25) is 0 Å². The fraction of sp³-hybridized carbons (Fsp3) is 0.172. The standard InChI is InChI=1S/C29H23N3O8S/c1-4-39-28(36)24-16(3)30-29-31(25(24)19-6-5-15(2)21(13-19)32(37)38)26(33)23(41-29)14-20-11-12-22(40-20)17-7-9-18(10-8-17)27(34)35/h5-14,25H,4H2,1-3H3,(H,34,35)/b23-14+/t25-/m1/s1. The van der Waals surface area contributed by atoms with Gasteiger partial charge in [-0.1, -0.05) is 35.6 Å². The molecular weight excluding hydrogens is 550 g/mol. The van der Waals surface area contributed by atoms with Gasteiger partial charge in [-0.3, -0.25) is 19.5 Å². The number of furan rings is 1. The summed E-state index contributed by atoms with van der Waals surface area (Å²) in [5.41, 5.74) is 1.48. The number of carboxylic acids is 1. The molecule has 0 unspecified atom stereocenters. The number of aromatic nitrogens is 1. The number of benzene rings is 2. The molecule has 2 aromatic heterocycles. The second kappa shape index (κ2) is 10.8. The lowest BCUT2D eigenvalue weighted by Crippen LogP contribution is -2.40. The van der Waals surface area contributed by atoms with Crippen LogP contribution in [-0.4, -0.2) is 33.1 Å². The van der Waals surface area contributed by atoms with Crippen molar-refractivity contribution in [3.8, 4) is 11.3 Å². The Kier molecular flexibility index (Phi) is 7.24. The Hall–Kier alpha value is -5.10. The van der Waals surface area contributed by atoms with E-state index in [4.69, 9.17) is 14.3 Å². The van der Waals surface area contributed by atoms with Crippen LogP contribution in [0.1, 0.15) is 47.1 Å². The number of hydrogen-bond acceptors (Lipinski definition) is 9. The van der Waals surface area contributed by atoms with Gasteiger partial charge in [-0.15, -0.1) is 0 Å². The van der Waals surface area contributed by atoms with Crippen LogP contribution in [-0.2, 0) is 9.53 Å². The van der Waals surface area contributed by atoms with Crippen LogP contribution in [0.5, 0.6) is 0 Å². The zero-order valence-electron chi connectivity index (χ0n) is 22.1. The number of thiazole rings is 1. The molecule has 1 aliphatic rings. The number of rotatable bonds is 7. The van der Waals surface area contributed by atoms with Gasteiger partial charge in [0.15, 0.2) is 4.80 Å².